The number of rotatable bonds is 4. The molecule has 0 bridgehead atoms. The summed E-state index contributed by atoms with van der Waals surface area (Å²) in [4.78, 5) is 12.5. The Balaban J connectivity index is 0.00000225. The molecule has 1 amide bonds. The first-order chi connectivity index (χ1) is 11.5. The van der Waals surface area contributed by atoms with Crippen LogP contribution in [0.4, 0.5) is 8.78 Å². The van der Waals surface area contributed by atoms with E-state index in [0.717, 1.165) is 12.8 Å². The van der Waals surface area contributed by atoms with Crippen molar-refractivity contribution < 1.29 is 18.3 Å². The van der Waals surface area contributed by atoms with Gasteiger partial charge in [0.05, 0.1) is 5.54 Å². The van der Waals surface area contributed by atoms with Gasteiger partial charge in [-0.05, 0) is 37.8 Å². The van der Waals surface area contributed by atoms with Crippen LogP contribution in [0.2, 0.25) is 0 Å². The van der Waals surface area contributed by atoms with Crippen LogP contribution in [-0.2, 0) is 14.9 Å². The molecule has 1 saturated carbocycles. The molecule has 1 aromatic rings. The highest BCUT2D eigenvalue weighted by atomic mass is 35.5. The Kier molecular flexibility index (Phi) is 6.40. The zero-order valence-electron chi connectivity index (χ0n) is 14.2. The predicted molar refractivity (Wildman–Crippen MR) is 93.7 cm³/mol. The summed E-state index contributed by atoms with van der Waals surface area (Å²) >= 11 is 0. The molecule has 0 spiro atoms. The molecule has 1 aromatic carbocycles. The molecule has 4 nitrogen and oxygen atoms in total. The fourth-order valence-electron chi connectivity index (χ4n) is 3.96. The van der Waals surface area contributed by atoms with Gasteiger partial charge in [-0.2, -0.15) is 0 Å². The number of ether oxygens (including phenoxy) is 1. The summed E-state index contributed by atoms with van der Waals surface area (Å²) in [6.07, 6.45) is 4.02. The molecule has 7 heteroatoms. The van der Waals surface area contributed by atoms with E-state index in [4.69, 9.17) is 10.5 Å². The van der Waals surface area contributed by atoms with Gasteiger partial charge in [-0.3, -0.25) is 4.79 Å². The van der Waals surface area contributed by atoms with E-state index in [9.17, 15) is 13.6 Å². The molecule has 2 aliphatic rings. The Morgan fingerprint density at radius 1 is 1.12 bits per heavy atom. The summed E-state index contributed by atoms with van der Waals surface area (Å²) in [5, 5.41) is 2.88. The summed E-state index contributed by atoms with van der Waals surface area (Å²) in [6, 6.07) is 3.93. The van der Waals surface area contributed by atoms with E-state index in [2.05, 4.69) is 5.32 Å². The third-order valence-corrected chi connectivity index (χ3v) is 5.48. The number of halogens is 3. The fourth-order valence-corrected chi connectivity index (χ4v) is 3.96. The van der Waals surface area contributed by atoms with Gasteiger partial charge in [-0.25, -0.2) is 8.78 Å². The second-order valence-electron chi connectivity index (χ2n) is 7.04. The molecule has 3 N–H and O–H groups in total. The Morgan fingerprint density at radius 2 is 1.68 bits per heavy atom. The maximum absolute atomic E-state index is 14.3. The Bertz CT molecular complexity index is 595. The van der Waals surface area contributed by atoms with E-state index in [1.165, 1.54) is 18.2 Å². The molecule has 1 saturated heterocycles. The summed E-state index contributed by atoms with van der Waals surface area (Å²) in [5.41, 5.74) is 4.65. The second kappa shape index (κ2) is 7.98. The minimum Gasteiger partial charge on any atom is -0.381 e. The third-order valence-electron chi connectivity index (χ3n) is 5.48. The molecule has 1 aliphatic heterocycles. The minimum absolute atomic E-state index is 0. The zero-order valence-corrected chi connectivity index (χ0v) is 15.0. The largest absolute Gasteiger partial charge is 0.381 e. The van der Waals surface area contributed by atoms with Crippen LogP contribution in [0.15, 0.2) is 18.2 Å². The number of nitrogens with one attached hydrogen (secondary N) is 1. The monoisotopic (exact) mass is 374 g/mol. The van der Waals surface area contributed by atoms with Crippen LogP contribution in [0.5, 0.6) is 0 Å². The number of carbonyl (C=O) groups excluding carboxylic acids is 1. The molecule has 2 fully saturated rings. The van der Waals surface area contributed by atoms with Crippen LogP contribution in [0.3, 0.4) is 0 Å². The molecule has 25 heavy (non-hydrogen) atoms. The Labute approximate surface area is 152 Å². The maximum atomic E-state index is 14.3. The Hall–Kier alpha value is -1.24. The first kappa shape index (κ1) is 20.1. The number of amides is 1. The van der Waals surface area contributed by atoms with Crippen LogP contribution in [0.1, 0.15) is 44.1 Å². The second-order valence-corrected chi connectivity index (χ2v) is 7.04. The molecular formula is C18H25ClF2N2O2. The van der Waals surface area contributed by atoms with Crippen molar-refractivity contribution >= 4 is 18.3 Å². The number of hydrogen-bond acceptors (Lipinski definition) is 3. The van der Waals surface area contributed by atoms with Gasteiger partial charge < -0.3 is 15.8 Å². The van der Waals surface area contributed by atoms with Gasteiger partial charge in [0, 0.05) is 30.7 Å². The minimum atomic E-state index is -0.953. The maximum Gasteiger partial charge on any atom is 0.240 e. The number of carbonyl (C=O) groups is 1. The summed E-state index contributed by atoms with van der Waals surface area (Å²) in [7, 11) is 0. The summed E-state index contributed by atoms with van der Waals surface area (Å²) < 4.78 is 33.9. The van der Waals surface area contributed by atoms with Crippen LogP contribution >= 0.6 is 12.4 Å². The lowest BCUT2D eigenvalue weighted by atomic mass is 9.77. The number of nitrogens with two attached hydrogens (primary N) is 1. The molecule has 0 aromatic heterocycles. The van der Waals surface area contributed by atoms with Gasteiger partial charge in [0.15, 0.2) is 0 Å². The van der Waals surface area contributed by atoms with Gasteiger partial charge in [-0.1, -0.05) is 18.9 Å². The highest BCUT2D eigenvalue weighted by Crippen LogP contribution is 2.43. The van der Waals surface area contributed by atoms with E-state index in [-0.39, 0.29) is 30.4 Å². The van der Waals surface area contributed by atoms with Crippen molar-refractivity contribution in [1.29, 1.82) is 0 Å². The van der Waals surface area contributed by atoms with Gasteiger partial charge in [0.2, 0.25) is 5.91 Å². The smallest absolute Gasteiger partial charge is 0.240 e. The SMILES string of the molecule is Cl.NC1(C(=O)NCC2(c3c(F)cccc3F)CCCC2)CCOCC1. The van der Waals surface area contributed by atoms with Crippen LogP contribution in [-0.4, -0.2) is 31.2 Å². The highest BCUT2D eigenvalue weighted by molar-refractivity contribution is 5.86. The summed E-state index contributed by atoms with van der Waals surface area (Å²) in [5.74, 6) is -1.34. The molecule has 140 valence electrons. The third kappa shape index (κ3) is 3.96. The van der Waals surface area contributed by atoms with E-state index >= 15 is 0 Å². The first-order valence-electron chi connectivity index (χ1n) is 8.56. The zero-order chi connectivity index (χ0) is 17.2. The molecule has 0 atom stereocenters. The van der Waals surface area contributed by atoms with Gasteiger partial charge in [0.1, 0.15) is 11.6 Å². The predicted octanol–water partition coefficient (Wildman–Crippen LogP) is 2.82. The van der Waals surface area contributed by atoms with Crippen molar-refractivity contribution in [2.45, 2.75) is 49.5 Å². The average molecular weight is 375 g/mol. The van der Waals surface area contributed by atoms with E-state index < -0.39 is 22.6 Å². The van der Waals surface area contributed by atoms with Gasteiger partial charge in [-0.15, -0.1) is 12.4 Å². The van der Waals surface area contributed by atoms with Crippen molar-refractivity contribution in [3.05, 3.63) is 35.4 Å². The van der Waals surface area contributed by atoms with Crippen LogP contribution in [0, 0.1) is 11.6 Å². The first-order valence-corrected chi connectivity index (χ1v) is 8.56. The molecule has 0 radical (unpaired) electrons. The molecule has 3 rings (SSSR count). The normalized spacial score (nSPS) is 21.4. The molecule has 0 unspecified atom stereocenters. The lowest BCUT2D eigenvalue weighted by molar-refractivity contribution is -0.130. The van der Waals surface area contributed by atoms with Crippen LogP contribution < -0.4 is 11.1 Å². The lowest BCUT2D eigenvalue weighted by Crippen LogP contribution is -2.58. The van der Waals surface area contributed by atoms with E-state index in [0.29, 0.717) is 38.9 Å². The highest BCUT2D eigenvalue weighted by Gasteiger charge is 2.42. The van der Waals surface area contributed by atoms with Gasteiger partial charge in [0.25, 0.3) is 0 Å². The summed E-state index contributed by atoms with van der Waals surface area (Å²) in [6.45, 7) is 1.12. The van der Waals surface area contributed by atoms with Crippen molar-refractivity contribution in [3.63, 3.8) is 0 Å². The van der Waals surface area contributed by atoms with Gasteiger partial charge >= 0.3 is 0 Å². The van der Waals surface area contributed by atoms with Crippen molar-refractivity contribution in [1.82, 2.24) is 5.32 Å². The standard InChI is InChI=1S/C18H24F2N2O2.ClH/c19-13-4-3-5-14(20)15(13)17(6-1-2-7-17)12-22-16(23)18(21)8-10-24-11-9-18;/h3-5H,1-2,6-12,21H2,(H,22,23);1H. The van der Waals surface area contributed by atoms with E-state index in [1.807, 2.05) is 0 Å². The van der Waals surface area contributed by atoms with E-state index in [1.54, 1.807) is 0 Å². The van der Waals surface area contributed by atoms with Crippen LogP contribution in [0.25, 0.3) is 0 Å². The average Bonchev–Trinajstić information content (AvgIpc) is 3.03. The van der Waals surface area contributed by atoms with Crippen molar-refractivity contribution in [2.75, 3.05) is 19.8 Å². The molecule has 1 heterocycles. The quantitative estimate of drug-likeness (QED) is 0.851. The van der Waals surface area contributed by atoms with Crippen molar-refractivity contribution in [2.24, 2.45) is 5.73 Å². The van der Waals surface area contributed by atoms with Crippen molar-refractivity contribution in [3.8, 4) is 0 Å². The Morgan fingerprint density at radius 3 is 2.24 bits per heavy atom. The lowest BCUT2D eigenvalue weighted by Gasteiger charge is -2.35. The number of benzene rings is 1. The molecule has 1 aliphatic carbocycles. The fraction of sp³-hybridized carbons (Fsp3) is 0.611. The topological polar surface area (TPSA) is 64.4 Å². The molecular weight excluding hydrogens is 350 g/mol. The number of hydrogen-bond donors (Lipinski definition) is 2.